The smallest absolute Gasteiger partial charge is 0.276 e. The van der Waals surface area contributed by atoms with Gasteiger partial charge in [-0.2, -0.15) is 4.98 Å². The second-order valence-electron chi connectivity index (χ2n) is 3.99. The first-order valence-corrected chi connectivity index (χ1v) is 6.66. The Kier molecular flexibility index (Phi) is 3.47. The number of hydrogen-bond donors (Lipinski definition) is 0. The minimum absolute atomic E-state index is 0.396. The van der Waals surface area contributed by atoms with Crippen LogP contribution in [0.5, 0.6) is 5.75 Å². The first-order chi connectivity index (χ1) is 9.78. The van der Waals surface area contributed by atoms with Gasteiger partial charge in [-0.25, -0.2) is 0 Å². The summed E-state index contributed by atoms with van der Waals surface area (Å²) in [5, 5.41) is 3.97. The van der Waals surface area contributed by atoms with Crippen LogP contribution in [0.15, 0.2) is 51.6 Å². The molecule has 0 aliphatic heterocycles. The molecule has 0 bridgehead atoms. The van der Waals surface area contributed by atoms with E-state index in [1.165, 1.54) is 0 Å². The number of nitrogens with zero attached hydrogens (tertiary/aromatic N) is 3. The maximum Gasteiger partial charge on any atom is 0.276 e. The molecule has 0 spiro atoms. The van der Waals surface area contributed by atoms with Crippen LogP contribution in [0, 0.1) is 0 Å². The summed E-state index contributed by atoms with van der Waals surface area (Å²) in [7, 11) is 1.62. The van der Waals surface area contributed by atoms with Crippen molar-refractivity contribution in [1.29, 1.82) is 0 Å². The van der Waals surface area contributed by atoms with Gasteiger partial charge in [0.2, 0.25) is 5.82 Å². The summed E-state index contributed by atoms with van der Waals surface area (Å²) in [4.78, 5) is 8.52. The maximum atomic E-state index is 5.23. The van der Waals surface area contributed by atoms with Gasteiger partial charge in [0.05, 0.1) is 11.6 Å². The third-order valence-electron chi connectivity index (χ3n) is 2.72. The molecule has 1 aromatic carbocycles. The minimum Gasteiger partial charge on any atom is -0.496 e. The minimum atomic E-state index is 0.396. The van der Waals surface area contributed by atoms with Crippen molar-refractivity contribution in [3.8, 4) is 28.7 Å². The van der Waals surface area contributed by atoms with Crippen LogP contribution < -0.4 is 4.74 Å². The molecule has 20 heavy (non-hydrogen) atoms. The van der Waals surface area contributed by atoms with Gasteiger partial charge in [-0.05, 0) is 46.3 Å². The van der Waals surface area contributed by atoms with Crippen LogP contribution in [0.4, 0.5) is 0 Å². The van der Waals surface area contributed by atoms with Crippen LogP contribution >= 0.6 is 15.9 Å². The summed E-state index contributed by atoms with van der Waals surface area (Å²) in [6.07, 6.45) is 1.68. The van der Waals surface area contributed by atoms with Gasteiger partial charge in [0.1, 0.15) is 11.4 Å². The Hall–Kier alpha value is -2.21. The molecule has 100 valence electrons. The molecule has 0 atom stereocenters. The Labute approximate surface area is 123 Å². The monoisotopic (exact) mass is 331 g/mol. The van der Waals surface area contributed by atoms with Crippen molar-refractivity contribution in [2.24, 2.45) is 0 Å². The van der Waals surface area contributed by atoms with Gasteiger partial charge in [0, 0.05) is 11.8 Å². The summed E-state index contributed by atoms with van der Waals surface area (Å²) < 4.78 is 11.3. The van der Waals surface area contributed by atoms with Crippen molar-refractivity contribution in [1.82, 2.24) is 15.1 Å². The van der Waals surface area contributed by atoms with Crippen LogP contribution in [0.3, 0.4) is 0 Å². The standard InChI is InChI=1S/C14H10BrN3O2/c1-19-12-6-5-9(8-10(12)15)13-17-14(20-18-13)11-4-2-3-7-16-11/h2-8H,1H3. The van der Waals surface area contributed by atoms with Crippen molar-refractivity contribution < 1.29 is 9.26 Å². The molecule has 3 rings (SSSR count). The molecule has 5 nitrogen and oxygen atoms in total. The molecule has 0 aliphatic rings. The SMILES string of the molecule is COc1ccc(-c2noc(-c3ccccn3)n2)cc1Br. The number of halogens is 1. The molecular weight excluding hydrogens is 322 g/mol. The summed E-state index contributed by atoms with van der Waals surface area (Å²) in [6, 6.07) is 11.1. The van der Waals surface area contributed by atoms with Crippen molar-refractivity contribution in [2.75, 3.05) is 7.11 Å². The van der Waals surface area contributed by atoms with Gasteiger partial charge in [0.25, 0.3) is 5.89 Å². The zero-order valence-corrected chi connectivity index (χ0v) is 12.2. The second-order valence-corrected chi connectivity index (χ2v) is 4.84. The van der Waals surface area contributed by atoms with E-state index in [0.717, 1.165) is 15.8 Å². The Morgan fingerprint density at radius 3 is 2.80 bits per heavy atom. The van der Waals surface area contributed by atoms with E-state index < -0.39 is 0 Å². The summed E-state index contributed by atoms with van der Waals surface area (Å²) >= 11 is 3.43. The lowest BCUT2D eigenvalue weighted by atomic mass is 10.2. The van der Waals surface area contributed by atoms with E-state index in [9.17, 15) is 0 Å². The molecule has 0 N–H and O–H groups in total. The van der Waals surface area contributed by atoms with E-state index in [4.69, 9.17) is 9.26 Å². The molecule has 0 unspecified atom stereocenters. The second kappa shape index (κ2) is 5.42. The molecule has 3 aromatic rings. The number of methoxy groups -OCH3 is 1. The van der Waals surface area contributed by atoms with Crippen LogP contribution in [-0.2, 0) is 0 Å². The first-order valence-electron chi connectivity index (χ1n) is 5.87. The fourth-order valence-corrected chi connectivity index (χ4v) is 2.28. The van der Waals surface area contributed by atoms with E-state index in [1.807, 2.05) is 36.4 Å². The third kappa shape index (κ3) is 2.42. The van der Waals surface area contributed by atoms with E-state index in [2.05, 4.69) is 31.1 Å². The molecule has 0 radical (unpaired) electrons. The fourth-order valence-electron chi connectivity index (χ4n) is 1.74. The number of rotatable bonds is 3. The molecule has 2 heterocycles. The fraction of sp³-hybridized carbons (Fsp3) is 0.0714. The van der Waals surface area contributed by atoms with Gasteiger partial charge >= 0.3 is 0 Å². The molecule has 6 heteroatoms. The lowest BCUT2D eigenvalue weighted by Crippen LogP contribution is -1.86. The highest BCUT2D eigenvalue weighted by molar-refractivity contribution is 9.10. The highest BCUT2D eigenvalue weighted by atomic mass is 79.9. The summed E-state index contributed by atoms with van der Waals surface area (Å²) in [5.74, 6) is 1.66. The maximum absolute atomic E-state index is 5.23. The molecule has 0 amide bonds. The van der Waals surface area contributed by atoms with Crippen molar-refractivity contribution >= 4 is 15.9 Å². The number of aromatic nitrogens is 3. The first kappa shape index (κ1) is 12.8. The van der Waals surface area contributed by atoms with Crippen LogP contribution in [-0.4, -0.2) is 22.2 Å². The largest absolute Gasteiger partial charge is 0.496 e. The Morgan fingerprint density at radius 2 is 2.10 bits per heavy atom. The van der Waals surface area contributed by atoms with Gasteiger partial charge in [0.15, 0.2) is 0 Å². The van der Waals surface area contributed by atoms with Gasteiger partial charge < -0.3 is 9.26 Å². The highest BCUT2D eigenvalue weighted by Crippen LogP contribution is 2.30. The number of hydrogen-bond acceptors (Lipinski definition) is 5. The Bertz CT molecular complexity index is 728. The predicted octanol–water partition coefficient (Wildman–Crippen LogP) is 3.57. The normalized spacial score (nSPS) is 10.5. The third-order valence-corrected chi connectivity index (χ3v) is 3.34. The number of ether oxygens (including phenoxy) is 1. The molecule has 0 saturated carbocycles. The zero-order valence-electron chi connectivity index (χ0n) is 10.6. The van der Waals surface area contributed by atoms with Crippen LogP contribution in [0.1, 0.15) is 0 Å². The van der Waals surface area contributed by atoms with Gasteiger partial charge in [-0.3, -0.25) is 4.98 Å². The predicted molar refractivity (Wildman–Crippen MR) is 77.2 cm³/mol. The molecule has 0 aliphatic carbocycles. The van der Waals surface area contributed by atoms with Gasteiger partial charge in [-0.1, -0.05) is 11.2 Å². The summed E-state index contributed by atoms with van der Waals surface area (Å²) in [6.45, 7) is 0. The van der Waals surface area contributed by atoms with Crippen LogP contribution in [0.25, 0.3) is 23.0 Å². The van der Waals surface area contributed by atoms with Crippen molar-refractivity contribution in [3.05, 3.63) is 47.1 Å². The Balaban J connectivity index is 1.96. The topological polar surface area (TPSA) is 61.0 Å². The van der Waals surface area contributed by atoms with E-state index in [-0.39, 0.29) is 0 Å². The van der Waals surface area contributed by atoms with E-state index in [1.54, 1.807) is 13.3 Å². The Morgan fingerprint density at radius 1 is 1.20 bits per heavy atom. The number of benzene rings is 1. The lowest BCUT2D eigenvalue weighted by Gasteiger charge is -2.03. The van der Waals surface area contributed by atoms with Crippen LogP contribution in [0.2, 0.25) is 0 Å². The molecule has 0 fully saturated rings. The molecular formula is C14H10BrN3O2. The number of pyridine rings is 1. The molecule has 0 saturated heterocycles. The van der Waals surface area contributed by atoms with Crippen molar-refractivity contribution in [2.45, 2.75) is 0 Å². The molecule has 2 aromatic heterocycles. The zero-order chi connectivity index (χ0) is 13.9. The lowest BCUT2D eigenvalue weighted by molar-refractivity contribution is 0.412. The highest BCUT2D eigenvalue weighted by Gasteiger charge is 2.12. The van der Waals surface area contributed by atoms with Crippen molar-refractivity contribution in [3.63, 3.8) is 0 Å². The quantitative estimate of drug-likeness (QED) is 0.734. The van der Waals surface area contributed by atoms with E-state index >= 15 is 0 Å². The van der Waals surface area contributed by atoms with E-state index in [0.29, 0.717) is 17.4 Å². The average molecular weight is 332 g/mol. The van der Waals surface area contributed by atoms with Gasteiger partial charge in [-0.15, -0.1) is 0 Å². The summed E-state index contributed by atoms with van der Waals surface area (Å²) in [5.41, 5.74) is 1.49. The average Bonchev–Trinajstić information content (AvgIpc) is 2.98.